The van der Waals surface area contributed by atoms with Crippen LogP contribution >= 0.6 is 0 Å². The van der Waals surface area contributed by atoms with Crippen molar-refractivity contribution in [1.29, 1.82) is 0 Å². The first-order valence-electron chi connectivity index (χ1n) is 10.7. The van der Waals surface area contributed by atoms with Gasteiger partial charge < -0.3 is 14.4 Å². The molecule has 4 aromatic heterocycles. The van der Waals surface area contributed by atoms with Crippen LogP contribution in [0.2, 0.25) is 0 Å². The van der Waals surface area contributed by atoms with Crippen LogP contribution in [-0.4, -0.2) is 15.0 Å². The average Bonchev–Trinajstić information content (AvgIpc) is 3.25. The fourth-order valence-corrected chi connectivity index (χ4v) is 3.73. The molecule has 0 saturated carbocycles. The van der Waals surface area contributed by atoms with Crippen molar-refractivity contribution in [3.8, 4) is 22.5 Å². The minimum atomic E-state index is 0. The van der Waals surface area contributed by atoms with Crippen molar-refractivity contribution in [3.63, 3.8) is 0 Å². The molecule has 169 valence electrons. The largest absolute Gasteiger partial charge is 0.486 e. The average molecular weight is 620 g/mol. The Balaban J connectivity index is 0.000000180. The Morgan fingerprint density at radius 3 is 2.18 bits per heavy atom. The summed E-state index contributed by atoms with van der Waals surface area (Å²) < 4.78 is 6.02. The van der Waals surface area contributed by atoms with Gasteiger partial charge in [-0.25, -0.2) is 4.98 Å². The predicted octanol–water partition coefficient (Wildman–Crippen LogP) is 7.01. The standard InChI is InChI=1S/C18H13N2O.C11H8N.Ir/c1-11-6-8-13(15-5-3-4-10-19-15)17-16(11)14-9-7-12(2)20-18(14)21-17;1-2-6-10(7-3-1)11-8-4-5-9-12-11;/h3-7,9-10H,1-2H3;1-6,8-9H;/q2*-1;. The van der Waals surface area contributed by atoms with Gasteiger partial charge in [0.05, 0.1) is 5.58 Å². The maximum Gasteiger partial charge on any atom is 0.216 e. The first kappa shape index (κ1) is 23.5. The van der Waals surface area contributed by atoms with Crippen molar-refractivity contribution in [2.75, 3.05) is 0 Å². The number of hydrogen-bond donors (Lipinski definition) is 0. The molecule has 0 unspecified atom stereocenters. The summed E-state index contributed by atoms with van der Waals surface area (Å²) in [4.78, 5) is 13.1. The molecule has 6 rings (SSSR count). The molecule has 0 bridgehead atoms. The first-order valence-corrected chi connectivity index (χ1v) is 10.7. The summed E-state index contributed by atoms with van der Waals surface area (Å²) in [5.74, 6) is 0. The van der Waals surface area contributed by atoms with Gasteiger partial charge in [-0.3, -0.25) is 0 Å². The second kappa shape index (κ2) is 10.5. The number of rotatable bonds is 2. The summed E-state index contributed by atoms with van der Waals surface area (Å²) in [5.41, 5.74) is 7.31. The van der Waals surface area contributed by atoms with E-state index in [9.17, 15) is 0 Å². The second-order valence-electron chi connectivity index (χ2n) is 7.66. The van der Waals surface area contributed by atoms with E-state index in [-0.39, 0.29) is 20.1 Å². The molecule has 0 N–H and O–H groups in total. The fraction of sp³-hybridized carbons (Fsp3) is 0.0690. The molecule has 0 fully saturated rings. The molecule has 1 radical (unpaired) electrons. The van der Waals surface area contributed by atoms with E-state index in [1.54, 1.807) is 12.4 Å². The van der Waals surface area contributed by atoms with Gasteiger partial charge in [-0.15, -0.1) is 53.6 Å². The van der Waals surface area contributed by atoms with Gasteiger partial charge in [0.25, 0.3) is 0 Å². The van der Waals surface area contributed by atoms with Crippen LogP contribution in [0.4, 0.5) is 0 Å². The van der Waals surface area contributed by atoms with E-state index in [1.807, 2.05) is 79.7 Å². The van der Waals surface area contributed by atoms with Gasteiger partial charge in [0.2, 0.25) is 5.71 Å². The quantitative estimate of drug-likeness (QED) is 0.196. The van der Waals surface area contributed by atoms with Crippen LogP contribution in [0.15, 0.2) is 95.7 Å². The third-order valence-corrected chi connectivity index (χ3v) is 5.32. The molecule has 0 amide bonds. The number of fused-ring (bicyclic) bond motifs is 3. The van der Waals surface area contributed by atoms with E-state index < -0.39 is 0 Å². The van der Waals surface area contributed by atoms with E-state index in [4.69, 9.17) is 4.42 Å². The Bertz CT molecular complexity index is 1480. The van der Waals surface area contributed by atoms with Gasteiger partial charge in [-0.1, -0.05) is 42.1 Å². The Hall–Kier alpha value is -3.66. The van der Waals surface area contributed by atoms with Crippen molar-refractivity contribution >= 4 is 22.1 Å². The van der Waals surface area contributed by atoms with Crippen molar-refractivity contribution in [3.05, 3.63) is 115 Å². The van der Waals surface area contributed by atoms with Gasteiger partial charge in [0, 0.05) is 43.6 Å². The van der Waals surface area contributed by atoms with Crippen molar-refractivity contribution in [2.24, 2.45) is 0 Å². The third-order valence-electron chi connectivity index (χ3n) is 5.32. The maximum absolute atomic E-state index is 6.02. The SMILES string of the molecule is Cc1ccc2c(n1)oc1c(-c3ccccn3)[c-]cc(C)c12.[Ir].[c-]1ccccc1-c1ccccn1. The van der Waals surface area contributed by atoms with Crippen LogP contribution in [-0.2, 0) is 20.1 Å². The van der Waals surface area contributed by atoms with Gasteiger partial charge in [0.15, 0.2) is 0 Å². The number of aryl methyl sites for hydroxylation is 2. The topological polar surface area (TPSA) is 51.8 Å². The van der Waals surface area contributed by atoms with Gasteiger partial charge in [-0.05, 0) is 42.6 Å². The van der Waals surface area contributed by atoms with Crippen LogP contribution in [0.1, 0.15) is 11.3 Å². The molecule has 4 heterocycles. The molecule has 0 spiro atoms. The molecule has 2 aromatic carbocycles. The van der Waals surface area contributed by atoms with E-state index in [2.05, 4.69) is 40.1 Å². The zero-order valence-corrected chi connectivity index (χ0v) is 21.1. The number of hydrogen-bond acceptors (Lipinski definition) is 4. The monoisotopic (exact) mass is 620 g/mol. The second-order valence-corrected chi connectivity index (χ2v) is 7.66. The summed E-state index contributed by atoms with van der Waals surface area (Å²) in [7, 11) is 0. The van der Waals surface area contributed by atoms with Crippen molar-refractivity contribution < 1.29 is 24.5 Å². The zero-order chi connectivity index (χ0) is 22.6. The Labute approximate surface area is 212 Å². The zero-order valence-electron chi connectivity index (χ0n) is 18.7. The number of nitrogens with zero attached hydrogens (tertiary/aromatic N) is 3. The van der Waals surface area contributed by atoms with Crippen LogP contribution in [0.3, 0.4) is 0 Å². The van der Waals surface area contributed by atoms with Gasteiger partial charge in [-0.2, -0.15) is 0 Å². The smallest absolute Gasteiger partial charge is 0.216 e. The molecule has 6 aromatic rings. The van der Waals surface area contributed by atoms with Gasteiger partial charge >= 0.3 is 0 Å². The van der Waals surface area contributed by atoms with E-state index in [1.165, 1.54) is 0 Å². The molecule has 0 aliphatic carbocycles. The molecule has 0 atom stereocenters. The van der Waals surface area contributed by atoms with E-state index in [0.717, 1.165) is 50.1 Å². The molecule has 0 aliphatic rings. The normalized spacial score (nSPS) is 10.4. The first-order chi connectivity index (χ1) is 16.2. The van der Waals surface area contributed by atoms with Gasteiger partial charge in [0.1, 0.15) is 0 Å². The number of benzene rings is 2. The molecule has 4 nitrogen and oxygen atoms in total. The minimum Gasteiger partial charge on any atom is -0.486 e. The van der Waals surface area contributed by atoms with Crippen molar-refractivity contribution in [2.45, 2.75) is 13.8 Å². The third kappa shape index (κ3) is 4.81. The maximum atomic E-state index is 6.02. The fourth-order valence-electron chi connectivity index (χ4n) is 3.73. The Kier molecular flexibility index (Phi) is 7.27. The molecule has 0 saturated heterocycles. The predicted molar refractivity (Wildman–Crippen MR) is 132 cm³/mol. The van der Waals surface area contributed by atoms with Crippen LogP contribution in [0.5, 0.6) is 0 Å². The molecule has 0 aliphatic heterocycles. The summed E-state index contributed by atoms with van der Waals surface area (Å²) in [6.45, 7) is 4.03. The van der Waals surface area contributed by atoms with Crippen LogP contribution in [0.25, 0.3) is 44.6 Å². The number of furan rings is 1. The summed E-state index contributed by atoms with van der Waals surface area (Å²) >= 11 is 0. The summed E-state index contributed by atoms with van der Waals surface area (Å²) in [6, 6.07) is 32.0. The Morgan fingerprint density at radius 1 is 0.765 bits per heavy atom. The van der Waals surface area contributed by atoms with E-state index in [0.29, 0.717) is 5.71 Å². The molecule has 34 heavy (non-hydrogen) atoms. The summed E-state index contributed by atoms with van der Waals surface area (Å²) in [5, 5.41) is 2.14. The van der Waals surface area contributed by atoms with E-state index >= 15 is 0 Å². The van der Waals surface area contributed by atoms with Crippen LogP contribution < -0.4 is 0 Å². The minimum absolute atomic E-state index is 0. The molecular formula is C29H21IrN3O-2. The molecule has 5 heteroatoms. The molecular weight excluding hydrogens is 599 g/mol. The van der Waals surface area contributed by atoms with Crippen molar-refractivity contribution in [1.82, 2.24) is 15.0 Å². The number of aromatic nitrogens is 3. The number of pyridine rings is 3. The summed E-state index contributed by atoms with van der Waals surface area (Å²) in [6.07, 6.45) is 3.57. The Morgan fingerprint density at radius 2 is 1.50 bits per heavy atom. The van der Waals surface area contributed by atoms with Crippen LogP contribution in [0, 0.1) is 26.0 Å².